The van der Waals surface area contributed by atoms with E-state index in [1.165, 1.54) is 27.8 Å². The lowest BCUT2D eigenvalue weighted by Gasteiger charge is -2.17. The number of amides is 1. The van der Waals surface area contributed by atoms with Crippen molar-refractivity contribution in [2.45, 2.75) is 41.2 Å². The summed E-state index contributed by atoms with van der Waals surface area (Å²) in [5.41, 5.74) is 8.04. The van der Waals surface area contributed by atoms with E-state index in [-0.39, 0.29) is 5.91 Å². The quantitative estimate of drug-likeness (QED) is 0.602. The summed E-state index contributed by atoms with van der Waals surface area (Å²) >= 11 is 5.81. The van der Waals surface area contributed by atoms with Gasteiger partial charge in [-0.15, -0.1) is 0 Å². The van der Waals surface area contributed by atoms with Gasteiger partial charge in [-0.05, 0) is 92.3 Å². The van der Waals surface area contributed by atoms with Gasteiger partial charge in [0.05, 0.1) is 0 Å². The van der Waals surface area contributed by atoms with E-state index in [4.69, 9.17) is 16.4 Å². The van der Waals surface area contributed by atoms with Crippen molar-refractivity contribution >= 4 is 29.4 Å². The predicted molar refractivity (Wildman–Crippen MR) is 103 cm³/mol. The molecule has 0 aliphatic carbocycles. The molecule has 4 nitrogen and oxygen atoms in total. The molecule has 0 saturated heterocycles. The Hall–Kier alpha value is -2.33. The lowest BCUT2D eigenvalue weighted by Crippen LogP contribution is -2.12. The zero-order chi connectivity index (χ0) is 18.6. The first kappa shape index (κ1) is 19.0. The van der Waals surface area contributed by atoms with Gasteiger partial charge in [0.15, 0.2) is 0 Å². The van der Waals surface area contributed by atoms with Crippen molar-refractivity contribution in [2.24, 2.45) is 5.16 Å². The van der Waals surface area contributed by atoms with Crippen LogP contribution in [0, 0.1) is 34.6 Å². The number of benzene rings is 2. The average molecular weight is 359 g/mol. The number of hydrogen-bond donors (Lipinski definition) is 1. The minimum absolute atomic E-state index is 0.338. The Labute approximate surface area is 153 Å². The van der Waals surface area contributed by atoms with Gasteiger partial charge < -0.3 is 10.2 Å². The molecule has 0 atom stereocenters. The Balaban J connectivity index is 1.97. The fourth-order valence-corrected chi connectivity index (χ4v) is 2.81. The minimum atomic E-state index is -0.355. The summed E-state index contributed by atoms with van der Waals surface area (Å²) in [5, 5.41) is 7.09. The molecular weight excluding hydrogens is 336 g/mol. The first-order valence-corrected chi connectivity index (χ1v) is 8.46. The molecule has 132 valence electrons. The van der Waals surface area contributed by atoms with Crippen LogP contribution in [0.5, 0.6) is 0 Å². The minimum Gasteiger partial charge on any atom is -0.391 e. The third kappa shape index (κ3) is 4.60. The molecule has 0 aliphatic heterocycles. The molecule has 25 heavy (non-hydrogen) atoms. The molecule has 2 aromatic carbocycles. The van der Waals surface area contributed by atoms with Gasteiger partial charge >= 0.3 is 0 Å². The van der Waals surface area contributed by atoms with E-state index in [9.17, 15) is 4.79 Å². The lowest BCUT2D eigenvalue weighted by molar-refractivity contribution is -0.110. The third-order valence-electron chi connectivity index (χ3n) is 4.72. The number of oxime groups is 1. The number of hydrogen-bond acceptors (Lipinski definition) is 3. The van der Waals surface area contributed by atoms with Crippen LogP contribution < -0.4 is 5.32 Å². The summed E-state index contributed by atoms with van der Waals surface area (Å²) < 4.78 is 0. The molecule has 1 N–H and O–H groups in total. The van der Waals surface area contributed by atoms with Crippen LogP contribution in [0.2, 0.25) is 5.02 Å². The Morgan fingerprint density at radius 1 is 1.00 bits per heavy atom. The Morgan fingerprint density at radius 3 is 2.08 bits per heavy atom. The van der Waals surface area contributed by atoms with Gasteiger partial charge in [0.25, 0.3) is 5.91 Å². The van der Waals surface area contributed by atoms with E-state index < -0.39 is 0 Å². The highest BCUT2D eigenvalue weighted by atomic mass is 35.5. The predicted octanol–water partition coefficient (Wildman–Crippen LogP) is 5.02. The van der Waals surface area contributed by atoms with E-state index in [1.54, 1.807) is 24.3 Å². The van der Waals surface area contributed by atoms with Gasteiger partial charge in [0.2, 0.25) is 0 Å². The molecule has 0 fully saturated rings. The van der Waals surface area contributed by atoms with Gasteiger partial charge in [0, 0.05) is 10.7 Å². The number of nitrogens with one attached hydrogen (secondary N) is 1. The van der Waals surface area contributed by atoms with Crippen molar-refractivity contribution < 1.29 is 9.63 Å². The summed E-state index contributed by atoms with van der Waals surface area (Å²) in [6, 6.07) is 6.86. The Kier molecular flexibility index (Phi) is 6.21. The standard InChI is InChI=1S/C20H23ClN2O2/c1-12-13(2)15(4)19(16(5)14(12)3)11-25-22-10-20(24)23-18-8-6-17(21)7-9-18/h6-10H,11H2,1-5H3,(H,23,24)/b22-10+. The topological polar surface area (TPSA) is 50.7 Å². The summed E-state index contributed by atoms with van der Waals surface area (Å²) in [5.74, 6) is -0.355. The molecule has 2 rings (SSSR count). The highest BCUT2D eigenvalue weighted by Crippen LogP contribution is 2.26. The van der Waals surface area contributed by atoms with Gasteiger partial charge in [0.1, 0.15) is 12.8 Å². The maximum absolute atomic E-state index is 11.8. The zero-order valence-corrected chi connectivity index (χ0v) is 16.0. The Morgan fingerprint density at radius 2 is 1.52 bits per heavy atom. The number of rotatable bonds is 5. The molecule has 5 heteroatoms. The molecular formula is C20H23ClN2O2. The molecule has 2 aromatic rings. The van der Waals surface area contributed by atoms with Gasteiger partial charge in [-0.2, -0.15) is 0 Å². The first-order chi connectivity index (χ1) is 11.8. The second-order valence-electron chi connectivity index (χ2n) is 6.11. The molecule has 0 bridgehead atoms. The fourth-order valence-electron chi connectivity index (χ4n) is 2.69. The van der Waals surface area contributed by atoms with Gasteiger partial charge in [-0.25, -0.2) is 0 Å². The van der Waals surface area contributed by atoms with Crippen molar-refractivity contribution in [3.63, 3.8) is 0 Å². The van der Waals surface area contributed by atoms with Crippen LogP contribution in [0.15, 0.2) is 29.4 Å². The largest absolute Gasteiger partial charge is 0.391 e. The van der Waals surface area contributed by atoms with E-state index in [0.717, 1.165) is 11.8 Å². The zero-order valence-electron chi connectivity index (χ0n) is 15.2. The Bertz CT molecular complexity index is 782. The normalized spacial score (nSPS) is 11.0. The smallest absolute Gasteiger partial charge is 0.270 e. The van der Waals surface area contributed by atoms with Crippen LogP contribution in [-0.2, 0) is 16.2 Å². The molecule has 0 aliphatic rings. The number of carbonyl (C=O) groups excluding carboxylic acids is 1. The maximum atomic E-state index is 11.8. The van der Waals surface area contributed by atoms with Crippen LogP contribution in [0.1, 0.15) is 33.4 Å². The van der Waals surface area contributed by atoms with Crippen molar-refractivity contribution in [3.05, 3.63) is 62.7 Å². The number of anilines is 1. The molecule has 1 amide bonds. The van der Waals surface area contributed by atoms with E-state index in [0.29, 0.717) is 17.3 Å². The molecule has 0 heterocycles. The van der Waals surface area contributed by atoms with Gasteiger partial charge in [-0.3, -0.25) is 4.79 Å². The van der Waals surface area contributed by atoms with Crippen molar-refractivity contribution in [1.82, 2.24) is 0 Å². The molecule has 0 aromatic heterocycles. The van der Waals surface area contributed by atoms with E-state index in [2.05, 4.69) is 45.1 Å². The van der Waals surface area contributed by atoms with Crippen molar-refractivity contribution in [2.75, 3.05) is 5.32 Å². The highest BCUT2D eigenvalue weighted by Gasteiger charge is 2.12. The van der Waals surface area contributed by atoms with Crippen LogP contribution in [0.25, 0.3) is 0 Å². The summed E-state index contributed by atoms with van der Waals surface area (Å²) in [4.78, 5) is 17.2. The fraction of sp³-hybridized carbons (Fsp3) is 0.300. The van der Waals surface area contributed by atoms with Crippen LogP contribution >= 0.6 is 11.6 Å². The van der Waals surface area contributed by atoms with Crippen LogP contribution in [0.3, 0.4) is 0 Å². The second kappa shape index (κ2) is 8.17. The molecule has 0 unspecified atom stereocenters. The summed E-state index contributed by atoms with van der Waals surface area (Å²) in [7, 11) is 0. The lowest BCUT2D eigenvalue weighted by atomic mass is 9.90. The molecule has 0 saturated carbocycles. The average Bonchev–Trinajstić information content (AvgIpc) is 2.59. The SMILES string of the molecule is Cc1c(C)c(C)c(CO/N=C/C(=O)Nc2ccc(Cl)cc2)c(C)c1C. The summed E-state index contributed by atoms with van der Waals surface area (Å²) in [6.07, 6.45) is 1.13. The van der Waals surface area contributed by atoms with Crippen LogP contribution in [-0.4, -0.2) is 12.1 Å². The molecule has 0 radical (unpaired) electrons. The highest BCUT2D eigenvalue weighted by molar-refractivity contribution is 6.32. The van der Waals surface area contributed by atoms with Crippen LogP contribution in [0.4, 0.5) is 5.69 Å². The number of carbonyl (C=O) groups is 1. The molecule has 0 spiro atoms. The van der Waals surface area contributed by atoms with E-state index in [1.807, 2.05) is 0 Å². The van der Waals surface area contributed by atoms with Crippen molar-refractivity contribution in [3.8, 4) is 0 Å². The summed E-state index contributed by atoms with van der Waals surface area (Å²) in [6.45, 7) is 10.9. The third-order valence-corrected chi connectivity index (χ3v) is 4.97. The first-order valence-electron chi connectivity index (χ1n) is 8.09. The monoisotopic (exact) mass is 358 g/mol. The van der Waals surface area contributed by atoms with Crippen molar-refractivity contribution in [1.29, 1.82) is 0 Å². The number of halogens is 1. The second-order valence-corrected chi connectivity index (χ2v) is 6.54. The van der Waals surface area contributed by atoms with Gasteiger partial charge in [-0.1, -0.05) is 16.8 Å². The maximum Gasteiger partial charge on any atom is 0.270 e. The van der Waals surface area contributed by atoms with E-state index >= 15 is 0 Å². The number of nitrogens with zero attached hydrogens (tertiary/aromatic N) is 1.